The average Bonchev–Trinajstić information content (AvgIpc) is 3.06. The monoisotopic (exact) mass is 406 g/mol. The molecule has 0 saturated carbocycles. The van der Waals surface area contributed by atoms with Crippen molar-refractivity contribution in [2.75, 3.05) is 0 Å². The second-order valence-electron chi connectivity index (χ2n) is 6.55. The molecule has 0 unspecified atom stereocenters. The van der Waals surface area contributed by atoms with Crippen molar-refractivity contribution in [3.63, 3.8) is 0 Å². The number of nitrogens with zero attached hydrogens (tertiary/aromatic N) is 4. The molecular weight excluding hydrogens is 388 g/mol. The Kier molecular flexibility index (Phi) is 5.79. The van der Waals surface area contributed by atoms with Crippen LogP contribution < -0.4 is 0 Å². The van der Waals surface area contributed by atoms with Gasteiger partial charge < -0.3 is 4.52 Å². The third-order valence-electron chi connectivity index (χ3n) is 4.40. The number of aromatic nitrogens is 1. The summed E-state index contributed by atoms with van der Waals surface area (Å²) in [5.74, 6) is 0.212. The zero-order chi connectivity index (χ0) is 21.0. The molecule has 1 heterocycles. The standard InChI is InChI=1S/C21H18N4O3S/c1-15-21(16(2)28-24-15)29(26,27)25(13-19-7-3-5-17(9-19)11-22)14-20-8-4-6-18(10-20)12-23/h3-10H,13-14H2,1-2H3. The summed E-state index contributed by atoms with van der Waals surface area (Å²) in [4.78, 5) is 0.0328. The molecule has 0 atom stereocenters. The second kappa shape index (κ2) is 8.27. The van der Waals surface area contributed by atoms with Crippen LogP contribution in [0.3, 0.4) is 0 Å². The maximum atomic E-state index is 13.4. The Morgan fingerprint density at radius 3 is 1.90 bits per heavy atom. The molecule has 0 N–H and O–H groups in total. The zero-order valence-electron chi connectivity index (χ0n) is 16.0. The summed E-state index contributed by atoms with van der Waals surface area (Å²) in [6.45, 7) is 3.24. The molecule has 0 bridgehead atoms. The first kappa shape index (κ1) is 20.3. The van der Waals surface area contributed by atoms with Crippen molar-refractivity contribution >= 4 is 10.0 Å². The van der Waals surface area contributed by atoms with Crippen LogP contribution in [0.5, 0.6) is 0 Å². The van der Waals surface area contributed by atoms with Gasteiger partial charge in [0.2, 0.25) is 10.0 Å². The lowest BCUT2D eigenvalue weighted by molar-refractivity contribution is 0.385. The van der Waals surface area contributed by atoms with E-state index < -0.39 is 10.0 Å². The highest BCUT2D eigenvalue weighted by atomic mass is 32.2. The Morgan fingerprint density at radius 1 is 0.966 bits per heavy atom. The summed E-state index contributed by atoms with van der Waals surface area (Å²) in [7, 11) is -3.94. The highest BCUT2D eigenvalue weighted by Gasteiger charge is 2.31. The van der Waals surface area contributed by atoms with Crippen LogP contribution in [-0.4, -0.2) is 17.9 Å². The van der Waals surface area contributed by atoms with E-state index in [1.54, 1.807) is 62.4 Å². The van der Waals surface area contributed by atoms with Gasteiger partial charge in [0, 0.05) is 13.1 Å². The van der Waals surface area contributed by atoms with Crippen molar-refractivity contribution < 1.29 is 12.9 Å². The van der Waals surface area contributed by atoms with Crippen molar-refractivity contribution in [1.29, 1.82) is 10.5 Å². The summed E-state index contributed by atoms with van der Waals surface area (Å²) in [6, 6.07) is 17.7. The zero-order valence-corrected chi connectivity index (χ0v) is 16.8. The third kappa shape index (κ3) is 4.35. The van der Waals surface area contributed by atoms with Crippen LogP contribution in [0.1, 0.15) is 33.7 Å². The van der Waals surface area contributed by atoms with Gasteiger partial charge in [-0.25, -0.2) is 8.42 Å². The quantitative estimate of drug-likeness (QED) is 0.620. The first-order valence-electron chi connectivity index (χ1n) is 8.76. The highest BCUT2D eigenvalue weighted by molar-refractivity contribution is 7.89. The number of rotatable bonds is 6. The summed E-state index contributed by atoms with van der Waals surface area (Å²) in [5.41, 5.74) is 2.53. The Morgan fingerprint density at radius 2 is 1.48 bits per heavy atom. The normalized spacial score (nSPS) is 11.2. The molecule has 0 aliphatic rings. The van der Waals surface area contributed by atoms with Gasteiger partial charge in [0.15, 0.2) is 5.76 Å². The van der Waals surface area contributed by atoms with Gasteiger partial charge in [0.1, 0.15) is 10.6 Å². The minimum Gasteiger partial charge on any atom is -0.360 e. The molecule has 3 rings (SSSR count). The minimum absolute atomic E-state index is 0.0328. The molecule has 2 aromatic carbocycles. The van der Waals surface area contributed by atoms with Gasteiger partial charge in [-0.2, -0.15) is 14.8 Å². The predicted octanol–water partition coefficient (Wildman–Crippen LogP) is 3.43. The first-order chi connectivity index (χ1) is 13.8. The molecule has 0 aliphatic heterocycles. The van der Waals surface area contributed by atoms with Crippen LogP contribution in [0.4, 0.5) is 0 Å². The Labute approximate surface area is 169 Å². The maximum Gasteiger partial charge on any atom is 0.249 e. The van der Waals surface area contributed by atoms with Gasteiger partial charge >= 0.3 is 0 Å². The molecule has 0 spiro atoms. The van der Waals surface area contributed by atoms with Crippen LogP contribution >= 0.6 is 0 Å². The first-order valence-corrected chi connectivity index (χ1v) is 10.2. The fourth-order valence-corrected chi connectivity index (χ4v) is 4.79. The van der Waals surface area contributed by atoms with Gasteiger partial charge in [0.05, 0.1) is 23.3 Å². The van der Waals surface area contributed by atoms with E-state index >= 15 is 0 Å². The fourth-order valence-electron chi connectivity index (χ4n) is 3.08. The predicted molar refractivity (Wildman–Crippen MR) is 105 cm³/mol. The summed E-state index contributed by atoms with van der Waals surface area (Å²) in [5, 5.41) is 22.0. The molecule has 0 fully saturated rings. The van der Waals surface area contributed by atoms with Crippen LogP contribution in [0.15, 0.2) is 57.9 Å². The summed E-state index contributed by atoms with van der Waals surface area (Å²) >= 11 is 0. The van der Waals surface area contributed by atoms with E-state index in [1.165, 1.54) is 4.31 Å². The molecule has 0 saturated heterocycles. The SMILES string of the molecule is Cc1noc(C)c1S(=O)(=O)N(Cc1cccc(C#N)c1)Cc1cccc(C#N)c1. The number of hydrogen-bond donors (Lipinski definition) is 0. The average molecular weight is 406 g/mol. The van der Waals surface area contributed by atoms with Crippen molar-refractivity contribution in [1.82, 2.24) is 9.46 Å². The van der Waals surface area contributed by atoms with Gasteiger partial charge in [-0.3, -0.25) is 0 Å². The van der Waals surface area contributed by atoms with Gasteiger partial charge in [-0.1, -0.05) is 29.4 Å². The third-order valence-corrected chi connectivity index (χ3v) is 6.43. The summed E-state index contributed by atoms with van der Waals surface area (Å²) < 4.78 is 33.3. The Hall–Kier alpha value is -3.46. The van der Waals surface area contributed by atoms with Crippen LogP contribution in [0.2, 0.25) is 0 Å². The minimum atomic E-state index is -3.94. The van der Waals surface area contributed by atoms with E-state index in [2.05, 4.69) is 17.3 Å². The van der Waals surface area contributed by atoms with E-state index in [0.29, 0.717) is 22.3 Å². The molecule has 146 valence electrons. The van der Waals surface area contributed by atoms with E-state index in [9.17, 15) is 8.42 Å². The summed E-state index contributed by atoms with van der Waals surface area (Å²) in [6.07, 6.45) is 0. The number of benzene rings is 2. The molecule has 7 nitrogen and oxygen atoms in total. The maximum absolute atomic E-state index is 13.4. The topological polar surface area (TPSA) is 111 Å². The molecule has 8 heteroatoms. The number of sulfonamides is 1. The molecule has 0 aliphatic carbocycles. The number of hydrogen-bond acceptors (Lipinski definition) is 6. The number of aryl methyl sites for hydroxylation is 2. The van der Waals surface area contributed by atoms with E-state index in [1.807, 2.05) is 0 Å². The molecule has 1 aromatic heterocycles. The molecule has 0 radical (unpaired) electrons. The number of nitriles is 2. The highest BCUT2D eigenvalue weighted by Crippen LogP contribution is 2.26. The Bertz CT molecular complexity index is 1150. The smallest absolute Gasteiger partial charge is 0.249 e. The van der Waals surface area contributed by atoms with Crippen molar-refractivity contribution in [2.45, 2.75) is 31.8 Å². The van der Waals surface area contributed by atoms with Gasteiger partial charge in [0.25, 0.3) is 0 Å². The van der Waals surface area contributed by atoms with Crippen LogP contribution in [0.25, 0.3) is 0 Å². The van der Waals surface area contributed by atoms with E-state index in [0.717, 1.165) is 0 Å². The van der Waals surface area contributed by atoms with Crippen LogP contribution in [0, 0.1) is 36.5 Å². The lowest BCUT2D eigenvalue weighted by Crippen LogP contribution is -2.31. The lowest BCUT2D eigenvalue weighted by Gasteiger charge is -2.22. The van der Waals surface area contributed by atoms with Gasteiger partial charge in [-0.15, -0.1) is 0 Å². The Balaban J connectivity index is 2.05. The van der Waals surface area contributed by atoms with Crippen LogP contribution in [-0.2, 0) is 23.1 Å². The lowest BCUT2D eigenvalue weighted by atomic mass is 10.1. The van der Waals surface area contributed by atoms with E-state index in [-0.39, 0.29) is 29.4 Å². The molecule has 29 heavy (non-hydrogen) atoms. The fraction of sp³-hybridized carbons (Fsp3) is 0.190. The van der Waals surface area contributed by atoms with Crippen molar-refractivity contribution in [3.8, 4) is 12.1 Å². The second-order valence-corrected chi connectivity index (χ2v) is 8.43. The van der Waals surface area contributed by atoms with Gasteiger partial charge in [-0.05, 0) is 49.2 Å². The molecule has 0 amide bonds. The molecular formula is C21H18N4O3S. The van der Waals surface area contributed by atoms with Crippen molar-refractivity contribution in [3.05, 3.63) is 82.2 Å². The molecule has 3 aromatic rings. The van der Waals surface area contributed by atoms with E-state index in [4.69, 9.17) is 15.0 Å². The largest absolute Gasteiger partial charge is 0.360 e. The van der Waals surface area contributed by atoms with Crippen molar-refractivity contribution in [2.24, 2.45) is 0 Å².